The topological polar surface area (TPSA) is 54.5 Å². The number of imide groups is 1. The largest absolute Gasteiger partial charge is 0.295 e. The van der Waals surface area contributed by atoms with Crippen molar-refractivity contribution in [2.75, 3.05) is 4.90 Å². The number of anilines is 1. The highest BCUT2D eigenvalue weighted by Crippen LogP contribution is 2.65. The molecule has 4 aliphatic rings. The lowest BCUT2D eigenvalue weighted by Crippen LogP contribution is -2.50. The first kappa shape index (κ1) is 18.5. The third-order valence-corrected chi connectivity index (χ3v) is 7.67. The van der Waals surface area contributed by atoms with Gasteiger partial charge in [0.1, 0.15) is 4.87 Å². The van der Waals surface area contributed by atoms with Crippen LogP contribution in [0.2, 0.25) is 0 Å². The molecule has 1 aliphatic heterocycles. The van der Waals surface area contributed by atoms with E-state index >= 15 is 0 Å². The third-order valence-electron chi connectivity index (χ3n) is 7.03. The maximum Gasteiger partial charge on any atom is 0.240 e. The zero-order chi connectivity index (χ0) is 21.5. The van der Waals surface area contributed by atoms with Gasteiger partial charge in [0.25, 0.3) is 0 Å². The minimum atomic E-state index is -1.10. The summed E-state index contributed by atoms with van der Waals surface area (Å²) in [5, 5.41) is 0. The van der Waals surface area contributed by atoms with Crippen molar-refractivity contribution in [2.45, 2.75) is 17.7 Å². The molecule has 5 heteroatoms. The Bertz CT molecular complexity index is 1270. The highest BCUT2D eigenvalue weighted by atomic mass is 35.5. The highest BCUT2D eigenvalue weighted by Gasteiger charge is 2.67. The van der Waals surface area contributed by atoms with Crippen molar-refractivity contribution < 1.29 is 14.4 Å². The molecule has 3 aromatic carbocycles. The van der Waals surface area contributed by atoms with Crippen molar-refractivity contribution in [3.8, 4) is 0 Å². The van der Waals surface area contributed by atoms with Gasteiger partial charge in [0.2, 0.25) is 11.8 Å². The summed E-state index contributed by atoms with van der Waals surface area (Å²) in [6, 6.07) is 22.4. The quantitative estimate of drug-likeness (QED) is 0.340. The minimum Gasteiger partial charge on any atom is -0.295 e. The van der Waals surface area contributed by atoms with Crippen LogP contribution in [0, 0.1) is 11.8 Å². The van der Waals surface area contributed by atoms with Crippen LogP contribution in [0.3, 0.4) is 0 Å². The molecule has 1 heterocycles. The molecule has 4 nitrogen and oxygen atoms in total. The van der Waals surface area contributed by atoms with E-state index in [1.54, 1.807) is 24.3 Å². The van der Waals surface area contributed by atoms with E-state index < -0.39 is 16.7 Å². The Morgan fingerprint density at radius 2 is 1.48 bits per heavy atom. The van der Waals surface area contributed by atoms with Crippen LogP contribution in [0.25, 0.3) is 0 Å². The molecule has 3 aromatic rings. The molecule has 3 aliphatic carbocycles. The fraction of sp³-hybridized carbons (Fsp3) is 0.192. The van der Waals surface area contributed by atoms with Gasteiger partial charge in [-0.1, -0.05) is 60.7 Å². The molecule has 0 N–H and O–H groups in total. The molecular formula is C26H18ClNO3. The number of ketones is 1. The fourth-order valence-electron chi connectivity index (χ4n) is 5.80. The van der Waals surface area contributed by atoms with Gasteiger partial charge in [-0.3, -0.25) is 14.4 Å². The summed E-state index contributed by atoms with van der Waals surface area (Å²) in [7, 11) is 0. The number of benzene rings is 3. The molecule has 0 saturated carbocycles. The summed E-state index contributed by atoms with van der Waals surface area (Å²) in [6.45, 7) is 1.47. The number of amides is 2. The monoisotopic (exact) mass is 427 g/mol. The summed E-state index contributed by atoms with van der Waals surface area (Å²) >= 11 is 7.40. The highest BCUT2D eigenvalue weighted by molar-refractivity contribution is 6.33. The van der Waals surface area contributed by atoms with Crippen LogP contribution in [0.15, 0.2) is 72.8 Å². The second-order valence-corrected chi connectivity index (χ2v) is 9.08. The van der Waals surface area contributed by atoms with Gasteiger partial charge in [0, 0.05) is 11.5 Å². The molecule has 0 radical (unpaired) electrons. The van der Waals surface area contributed by atoms with Crippen LogP contribution >= 0.6 is 11.6 Å². The van der Waals surface area contributed by atoms with Gasteiger partial charge in [0.15, 0.2) is 5.78 Å². The van der Waals surface area contributed by atoms with E-state index in [1.807, 2.05) is 48.5 Å². The zero-order valence-corrected chi connectivity index (χ0v) is 17.5. The van der Waals surface area contributed by atoms with E-state index in [0.717, 1.165) is 22.3 Å². The number of nitrogens with zero attached hydrogens (tertiary/aromatic N) is 1. The molecule has 7 rings (SSSR count). The number of Topliss-reactive ketones (excluding diaryl/α,β-unsaturated/α-hetero) is 1. The Hall–Kier alpha value is -3.24. The number of rotatable bonds is 2. The van der Waals surface area contributed by atoms with Crippen LogP contribution in [-0.2, 0) is 14.5 Å². The smallest absolute Gasteiger partial charge is 0.240 e. The molecule has 2 amide bonds. The number of carbonyl (C=O) groups is 3. The fourth-order valence-corrected chi connectivity index (χ4v) is 6.37. The lowest BCUT2D eigenvalue weighted by molar-refractivity contribution is -0.122. The molecule has 152 valence electrons. The average Bonchev–Trinajstić information content (AvgIpc) is 3.06. The van der Waals surface area contributed by atoms with Crippen molar-refractivity contribution in [3.05, 3.63) is 101 Å². The first-order valence-electron chi connectivity index (χ1n) is 10.3. The third kappa shape index (κ3) is 2.18. The van der Waals surface area contributed by atoms with Crippen LogP contribution in [-0.4, -0.2) is 17.6 Å². The first-order valence-corrected chi connectivity index (χ1v) is 10.7. The van der Waals surface area contributed by atoms with E-state index in [1.165, 1.54) is 11.8 Å². The Kier molecular flexibility index (Phi) is 3.67. The Balaban J connectivity index is 1.58. The maximum absolute atomic E-state index is 13.8. The van der Waals surface area contributed by atoms with Gasteiger partial charge in [-0.15, -0.1) is 11.6 Å². The number of carbonyl (C=O) groups excluding carboxylic acids is 3. The number of alkyl halides is 1. The SMILES string of the molecule is CC(=O)c1cccc(N2C(=O)[C@H]3C4c5ccccc5C(Cl)(c5ccccc54)[C@H]3C2=O)c1. The molecular weight excluding hydrogens is 410 g/mol. The normalized spacial score (nSPS) is 27.7. The predicted molar refractivity (Wildman–Crippen MR) is 117 cm³/mol. The van der Waals surface area contributed by atoms with E-state index in [2.05, 4.69) is 0 Å². The molecule has 0 unspecified atom stereocenters. The Morgan fingerprint density at radius 1 is 0.871 bits per heavy atom. The molecule has 2 atom stereocenters. The van der Waals surface area contributed by atoms with Gasteiger partial charge < -0.3 is 0 Å². The van der Waals surface area contributed by atoms with E-state index in [9.17, 15) is 14.4 Å². The van der Waals surface area contributed by atoms with Crippen molar-refractivity contribution in [1.82, 2.24) is 0 Å². The summed E-state index contributed by atoms with van der Waals surface area (Å²) in [6.07, 6.45) is 0. The summed E-state index contributed by atoms with van der Waals surface area (Å²) in [4.78, 5) is 39.5. The average molecular weight is 428 g/mol. The van der Waals surface area contributed by atoms with E-state index in [4.69, 9.17) is 11.6 Å². The Morgan fingerprint density at radius 3 is 2.10 bits per heavy atom. The standard InChI is InChI=1S/C26H18ClNO3/c1-14(29)15-7-6-8-16(13-15)28-24(30)22-21-17-9-2-4-11-19(17)26(27,23(22)25(28)31)20-12-5-3-10-18(20)21/h2-13,21-23H,1H3/t21?,22-,23+,26?/m0/s1. The van der Waals surface area contributed by atoms with Gasteiger partial charge in [-0.25, -0.2) is 4.90 Å². The lowest BCUT2D eigenvalue weighted by Gasteiger charge is -2.50. The predicted octanol–water partition coefficient (Wildman–Crippen LogP) is 4.64. The second-order valence-electron chi connectivity index (χ2n) is 8.49. The molecule has 2 bridgehead atoms. The van der Waals surface area contributed by atoms with Crippen molar-refractivity contribution >= 4 is 34.9 Å². The van der Waals surface area contributed by atoms with E-state index in [0.29, 0.717) is 11.3 Å². The molecule has 0 aromatic heterocycles. The molecule has 0 spiro atoms. The molecule has 31 heavy (non-hydrogen) atoms. The maximum atomic E-state index is 13.8. The minimum absolute atomic E-state index is 0.118. The van der Waals surface area contributed by atoms with Crippen LogP contribution in [0.4, 0.5) is 5.69 Å². The van der Waals surface area contributed by atoms with Crippen LogP contribution < -0.4 is 4.90 Å². The summed E-state index contributed by atoms with van der Waals surface area (Å²) < 4.78 is 0. The summed E-state index contributed by atoms with van der Waals surface area (Å²) in [5.74, 6) is -2.18. The van der Waals surface area contributed by atoms with Crippen LogP contribution in [0.5, 0.6) is 0 Å². The van der Waals surface area contributed by atoms with Crippen molar-refractivity contribution in [1.29, 1.82) is 0 Å². The second kappa shape index (κ2) is 6.14. The van der Waals surface area contributed by atoms with Gasteiger partial charge >= 0.3 is 0 Å². The number of hydrogen-bond acceptors (Lipinski definition) is 3. The van der Waals surface area contributed by atoms with Gasteiger partial charge in [-0.2, -0.15) is 0 Å². The van der Waals surface area contributed by atoms with Crippen molar-refractivity contribution in [3.63, 3.8) is 0 Å². The Labute approximate surface area is 184 Å². The first-order chi connectivity index (χ1) is 14.9. The zero-order valence-electron chi connectivity index (χ0n) is 16.7. The number of hydrogen-bond donors (Lipinski definition) is 0. The van der Waals surface area contributed by atoms with Crippen molar-refractivity contribution in [2.24, 2.45) is 11.8 Å². The van der Waals surface area contributed by atoms with E-state index in [-0.39, 0.29) is 23.5 Å². The summed E-state index contributed by atoms with van der Waals surface area (Å²) in [5.41, 5.74) is 4.72. The van der Waals surface area contributed by atoms with Gasteiger partial charge in [0.05, 0.1) is 17.5 Å². The lowest BCUT2D eigenvalue weighted by atomic mass is 9.54. The van der Waals surface area contributed by atoms with Gasteiger partial charge in [-0.05, 0) is 41.3 Å². The molecule has 1 fully saturated rings. The number of halogens is 1. The molecule has 1 saturated heterocycles. The van der Waals surface area contributed by atoms with Crippen LogP contribution in [0.1, 0.15) is 45.5 Å².